The maximum absolute atomic E-state index is 11.1. The number of benzene rings is 1. The molecule has 1 aromatic carbocycles. The lowest BCUT2D eigenvalue weighted by atomic mass is 10.1. The molecule has 0 fully saturated rings. The summed E-state index contributed by atoms with van der Waals surface area (Å²) >= 11 is 0. The Bertz CT molecular complexity index is 347. The number of hydrogen-bond donors (Lipinski definition) is 1. The van der Waals surface area contributed by atoms with E-state index in [9.17, 15) is 4.79 Å². The molecular formula is C12H17NO2. The van der Waals surface area contributed by atoms with Gasteiger partial charge in [-0.3, -0.25) is 4.79 Å². The van der Waals surface area contributed by atoms with Gasteiger partial charge in [-0.25, -0.2) is 0 Å². The summed E-state index contributed by atoms with van der Waals surface area (Å²) in [5.74, 6) is 0.150. The Labute approximate surface area is 90.2 Å². The number of carbonyl (C=O) groups is 1. The number of amides is 1. The lowest BCUT2D eigenvalue weighted by Crippen LogP contribution is -2.13. The van der Waals surface area contributed by atoms with Gasteiger partial charge < -0.3 is 10.5 Å². The Hall–Kier alpha value is -1.51. The zero-order valence-electron chi connectivity index (χ0n) is 9.25. The molecule has 1 rings (SSSR count). The molecular weight excluding hydrogens is 190 g/mol. The van der Waals surface area contributed by atoms with Crippen molar-refractivity contribution >= 4 is 5.91 Å². The number of nitrogens with two attached hydrogens (primary N) is 1. The maximum Gasteiger partial charge on any atom is 0.252 e. The molecule has 0 atom stereocenters. The van der Waals surface area contributed by atoms with Gasteiger partial charge in [0.05, 0.1) is 12.2 Å². The van der Waals surface area contributed by atoms with E-state index in [1.807, 2.05) is 19.1 Å². The molecule has 2 N–H and O–H groups in total. The van der Waals surface area contributed by atoms with Crippen molar-refractivity contribution in [3.8, 4) is 5.75 Å². The predicted octanol–water partition coefficient (Wildman–Crippen LogP) is 2.27. The van der Waals surface area contributed by atoms with Crippen LogP contribution in [0.1, 0.15) is 35.7 Å². The van der Waals surface area contributed by atoms with Gasteiger partial charge >= 0.3 is 0 Å². The normalized spacial score (nSPS) is 10.0. The van der Waals surface area contributed by atoms with Crippen molar-refractivity contribution in [3.05, 3.63) is 29.3 Å². The first kappa shape index (κ1) is 11.6. The SMILES string of the molecule is CCCCOc1cc(C)ccc1C(N)=O. The molecule has 0 radical (unpaired) electrons. The quantitative estimate of drug-likeness (QED) is 0.753. The standard InChI is InChI=1S/C12H17NO2/c1-3-4-7-15-11-8-9(2)5-6-10(11)12(13)14/h5-6,8H,3-4,7H2,1-2H3,(H2,13,14). The molecule has 3 nitrogen and oxygen atoms in total. The van der Waals surface area contributed by atoms with Gasteiger partial charge in [0.25, 0.3) is 5.91 Å². The molecule has 0 unspecified atom stereocenters. The largest absolute Gasteiger partial charge is 0.493 e. The van der Waals surface area contributed by atoms with Crippen molar-refractivity contribution in [1.29, 1.82) is 0 Å². The number of ether oxygens (including phenoxy) is 1. The van der Waals surface area contributed by atoms with E-state index in [4.69, 9.17) is 10.5 Å². The fourth-order valence-electron chi connectivity index (χ4n) is 1.28. The zero-order valence-corrected chi connectivity index (χ0v) is 9.25. The highest BCUT2D eigenvalue weighted by Crippen LogP contribution is 2.20. The summed E-state index contributed by atoms with van der Waals surface area (Å²) in [6.07, 6.45) is 2.05. The number of rotatable bonds is 5. The molecule has 3 heteroatoms. The summed E-state index contributed by atoms with van der Waals surface area (Å²) in [7, 11) is 0. The van der Waals surface area contributed by atoms with Gasteiger partial charge in [-0.15, -0.1) is 0 Å². The van der Waals surface area contributed by atoms with Crippen LogP contribution in [0.15, 0.2) is 18.2 Å². The highest BCUT2D eigenvalue weighted by atomic mass is 16.5. The van der Waals surface area contributed by atoms with Crippen LogP contribution in [0.2, 0.25) is 0 Å². The highest BCUT2D eigenvalue weighted by molar-refractivity contribution is 5.95. The second-order valence-corrected chi connectivity index (χ2v) is 3.57. The molecule has 1 amide bonds. The van der Waals surface area contributed by atoms with Crippen molar-refractivity contribution in [2.24, 2.45) is 5.73 Å². The smallest absolute Gasteiger partial charge is 0.252 e. The fraction of sp³-hybridized carbons (Fsp3) is 0.417. The third kappa shape index (κ3) is 3.27. The minimum Gasteiger partial charge on any atom is -0.493 e. The Kier molecular flexibility index (Phi) is 4.16. The molecule has 0 saturated heterocycles. The van der Waals surface area contributed by atoms with E-state index in [2.05, 4.69) is 6.92 Å². The van der Waals surface area contributed by atoms with Crippen LogP contribution in [-0.4, -0.2) is 12.5 Å². The molecule has 15 heavy (non-hydrogen) atoms. The highest BCUT2D eigenvalue weighted by Gasteiger charge is 2.08. The molecule has 1 aromatic rings. The molecule has 0 aliphatic heterocycles. The van der Waals surface area contributed by atoms with Crippen molar-refractivity contribution in [3.63, 3.8) is 0 Å². The Morgan fingerprint density at radius 2 is 2.20 bits per heavy atom. The molecule has 0 aliphatic carbocycles. The zero-order chi connectivity index (χ0) is 11.3. The van der Waals surface area contributed by atoms with E-state index in [1.54, 1.807) is 6.07 Å². The van der Waals surface area contributed by atoms with E-state index in [0.717, 1.165) is 18.4 Å². The van der Waals surface area contributed by atoms with Crippen LogP contribution in [0.5, 0.6) is 5.75 Å². The third-order valence-electron chi connectivity index (χ3n) is 2.16. The van der Waals surface area contributed by atoms with E-state index in [-0.39, 0.29) is 0 Å². The van der Waals surface area contributed by atoms with E-state index in [0.29, 0.717) is 17.9 Å². The van der Waals surface area contributed by atoms with Gasteiger partial charge in [-0.1, -0.05) is 19.4 Å². The van der Waals surface area contributed by atoms with Crippen molar-refractivity contribution in [1.82, 2.24) is 0 Å². The second kappa shape index (κ2) is 5.39. The summed E-state index contributed by atoms with van der Waals surface area (Å²) in [5.41, 5.74) is 6.77. The predicted molar refractivity (Wildman–Crippen MR) is 60.1 cm³/mol. The molecule has 0 saturated carbocycles. The second-order valence-electron chi connectivity index (χ2n) is 3.57. The van der Waals surface area contributed by atoms with E-state index >= 15 is 0 Å². The summed E-state index contributed by atoms with van der Waals surface area (Å²) in [6, 6.07) is 5.40. The first-order valence-electron chi connectivity index (χ1n) is 5.18. The van der Waals surface area contributed by atoms with Crippen molar-refractivity contribution in [2.45, 2.75) is 26.7 Å². The number of unbranched alkanes of at least 4 members (excludes halogenated alkanes) is 1. The Morgan fingerprint density at radius 3 is 2.80 bits per heavy atom. The summed E-state index contributed by atoms with van der Waals surface area (Å²) in [6.45, 7) is 4.67. The Morgan fingerprint density at radius 1 is 1.47 bits per heavy atom. The average molecular weight is 207 g/mol. The lowest BCUT2D eigenvalue weighted by molar-refractivity contribution is 0.0996. The van der Waals surface area contributed by atoms with Gasteiger partial charge in [0.2, 0.25) is 0 Å². The topological polar surface area (TPSA) is 52.3 Å². The van der Waals surface area contributed by atoms with Gasteiger partial charge in [0, 0.05) is 0 Å². The average Bonchev–Trinajstić information content (AvgIpc) is 2.18. The van der Waals surface area contributed by atoms with E-state index in [1.165, 1.54) is 0 Å². The first-order chi connectivity index (χ1) is 7.15. The number of aryl methyl sites for hydroxylation is 1. The van der Waals surface area contributed by atoms with Gasteiger partial charge in [-0.05, 0) is 31.0 Å². The fourth-order valence-corrected chi connectivity index (χ4v) is 1.28. The molecule has 0 aliphatic rings. The maximum atomic E-state index is 11.1. The molecule has 82 valence electrons. The van der Waals surface area contributed by atoms with Crippen LogP contribution in [0.3, 0.4) is 0 Å². The lowest BCUT2D eigenvalue weighted by Gasteiger charge is -2.09. The van der Waals surface area contributed by atoms with E-state index < -0.39 is 5.91 Å². The van der Waals surface area contributed by atoms with Gasteiger partial charge in [0.1, 0.15) is 5.75 Å². The number of carbonyl (C=O) groups excluding carboxylic acids is 1. The molecule has 0 aromatic heterocycles. The minimum absolute atomic E-state index is 0.443. The summed E-state index contributed by atoms with van der Waals surface area (Å²) in [5, 5.41) is 0. The Balaban J connectivity index is 2.82. The molecule has 0 spiro atoms. The number of primary amides is 1. The van der Waals surface area contributed by atoms with Crippen LogP contribution in [0.25, 0.3) is 0 Å². The van der Waals surface area contributed by atoms with Crippen molar-refractivity contribution < 1.29 is 9.53 Å². The van der Waals surface area contributed by atoms with Crippen LogP contribution >= 0.6 is 0 Å². The molecule has 0 heterocycles. The number of hydrogen-bond acceptors (Lipinski definition) is 2. The van der Waals surface area contributed by atoms with Crippen LogP contribution in [-0.2, 0) is 0 Å². The van der Waals surface area contributed by atoms with Crippen LogP contribution in [0.4, 0.5) is 0 Å². The summed E-state index contributed by atoms with van der Waals surface area (Å²) < 4.78 is 5.52. The first-order valence-corrected chi connectivity index (χ1v) is 5.18. The summed E-state index contributed by atoms with van der Waals surface area (Å²) in [4.78, 5) is 11.1. The van der Waals surface area contributed by atoms with Crippen LogP contribution in [0, 0.1) is 6.92 Å². The monoisotopic (exact) mass is 207 g/mol. The minimum atomic E-state index is -0.443. The van der Waals surface area contributed by atoms with Gasteiger partial charge in [0.15, 0.2) is 0 Å². The molecule has 0 bridgehead atoms. The van der Waals surface area contributed by atoms with Crippen molar-refractivity contribution in [2.75, 3.05) is 6.61 Å². The third-order valence-corrected chi connectivity index (χ3v) is 2.16. The van der Waals surface area contributed by atoms with Crippen LogP contribution < -0.4 is 10.5 Å². The van der Waals surface area contributed by atoms with Gasteiger partial charge in [-0.2, -0.15) is 0 Å².